The van der Waals surface area contributed by atoms with Crippen molar-refractivity contribution in [2.45, 2.75) is 59.0 Å². The summed E-state index contributed by atoms with van der Waals surface area (Å²) in [7, 11) is 0. The Balaban J connectivity index is 2.27. The van der Waals surface area contributed by atoms with Crippen molar-refractivity contribution in [2.75, 3.05) is 26.2 Å². The lowest BCUT2D eigenvalue weighted by Crippen LogP contribution is -2.47. The van der Waals surface area contributed by atoms with Crippen LogP contribution in [-0.4, -0.2) is 48.3 Å². The van der Waals surface area contributed by atoms with Crippen LogP contribution in [0.4, 0.5) is 0 Å². The van der Waals surface area contributed by atoms with E-state index in [0.29, 0.717) is 12.1 Å². The van der Waals surface area contributed by atoms with E-state index in [1.165, 1.54) is 25.9 Å². The molecule has 0 aromatic rings. The molecule has 1 rings (SSSR count). The average Bonchev–Trinajstić information content (AvgIpc) is 2.36. The fourth-order valence-electron chi connectivity index (χ4n) is 2.30. The molecule has 0 bridgehead atoms. The molecule has 0 aliphatic carbocycles. The Morgan fingerprint density at radius 3 is 2.35 bits per heavy atom. The molecule has 1 aliphatic heterocycles. The van der Waals surface area contributed by atoms with Crippen LogP contribution < -0.4 is 5.32 Å². The first-order chi connectivity index (χ1) is 8.00. The van der Waals surface area contributed by atoms with Crippen molar-refractivity contribution in [3.63, 3.8) is 0 Å². The van der Waals surface area contributed by atoms with Crippen LogP contribution in [-0.2, 0) is 0 Å². The molecule has 2 N–H and O–H groups in total. The minimum absolute atomic E-state index is 0.0508. The van der Waals surface area contributed by atoms with Gasteiger partial charge in [0.25, 0.3) is 0 Å². The monoisotopic (exact) mass is 242 g/mol. The van der Waals surface area contributed by atoms with Crippen LogP contribution in [0.3, 0.4) is 0 Å². The summed E-state index contributed by atoms with van der Waals surface area (Å²) >= 11 is 0. The molecule has 1 heterocycles. The van der Waals surface area contributed by atoms with Gasteiger partial charge in [0, 0.05) is 30.7 Å². The van der Waals surface area contributed by atoms with Crippen LogP contribution in [0.2, 0.25) is 0 Å². The first-order valence-corrected chi connectivity index (χ1v) is 7.09. The summed E-state index contributed by atoms with van der Waals surface area (Å²) in [4.78, 5) is 2.54. The summed E-state index contributed by atoms with van der Waals surface area (Å²) in [6.07, 6.45) is 3.51. The van der Waals surface area contributed by atoms with Gasteiger partial charge in [0.1, 0.15) is 0 Å². The summed E-state index contributed by atoms with van der Waals surface area (Å²) < 4.78 is 0. The highest BCUT2D eigenvalue weighted by Gasteiger charge is 2.25. The van der Waals surface area contributed by atoms with E-state index in [1.54, 1.807) is 0 Å². The van der Waals surface area contributed by atoms with Crippen LogP contribution in [0, 0.1) is 5.41 Å². The smallest absolute Gasteiger partial charge is 0.0496 e. The molecule has 0 radical (unpaired) electrons. The first-order valence-electron chi connectivity index (χ1n) is 7.09. The van der Waals surface area contributed by atoms with Gasteiger partial charge >= 0.3 is 0 Å². The van der Waals surface area contributed by atoms with Crippen LogP contribution in [0.5, 0.6) is 0 Å². The van der Waals surface area contributed by atoms with E-state index < -0.39 is 0 Å². The summed E-state index contributed by atoms with van der Waals surface area (Å²) in [6, 6.07) is 1.32. The number of likely N-dealkylation sites (tertiary alicyclic amines) is 1. The molecule has 17 heavy (non-hydrogen) atoms. The standard InChI is InChI=1S/C14H30N2O/c1-5-14(4,11-17)10-15-13-6-8-16(9-7-13)12(2)3/h12-13,15,17H,5-11H2,1-4H3. The van der Waals surface area contributed by atoms with E-state index in [9.17, 15) is 5.11 Å². The third kappa shape index (κ3) is 4.57. The highest BCUT2D eigenvalue weighted by atomic mass is 16.3. The minimum atomic E-state index is 0.0508. The van der Waals surface area contributed by atoms with Crippen molar-refractivity contribution in [3.8, 4) is 0 Å². The van der Waals surface area contributed by atoms with E-state index in [0.717, 1.165) is 13.0 Å². The van der Waals surface area contributed by atoms with E-state index in [2.05, 4.69) is 37.9 Å². The Kier molecular flexibility index (Phi) is 5.90. The second-order valence-corrected chi connectivity index (χ2v) is 6.11. The quantitative estimate of drug-likeness (QED) is 0.746. The van der Waals surface area contributed by atoms with Gasteiger partial charge in [0.2, 0.25) is 0 Å². The van der Waals surface area contributed by atoms with E-state index >= 15 is 0 Å². The second kappa shape index (κ2) is 6.72. The molecule has 1 aliphatic rings. The minimum Gasteiger partial charge on any atom is -0.396 e. The van der Waals surface area contributed by atoms with Crippen molar-refractivity contribution in [1.29, 1.82) is 0 Å². The number of hydrogen-bond donors (Lipinski definition) is 2. The molecule has 0 saturated carbocycles. The van der Waals surface area contributed by atoms with Crippen LogP contribution in [0.1, 0.15) is 47.0 Å². The maximum Gasteiger partial charge on any atom is 0.0496 e. The molecule has 0 amide bonds. The largest absolute Gasteiger partial charge is 0.396 e. The van der Waals surface area contributed by atoms with Crippen molar-refractivity contribution in [2.24, 2.45) is 5.41 Å². The number of nitrogens with one attached hydrogen (secondary N) is 1. The Morgan fingerprint density at radius 1 is 1.35 bits per heavy atom. The zero-order chi connectivity index (χ0) is 12.9. The molecule has 1 fully saturated rings. The number of aliphatic hydroxyl groups excluding tert-OH is 1. The molecule has 3 nitrogen and oxygen atoms in total. The highest BCUT2D eigenvalue weighted by molar-refractivity contribution is 4.82. The zero-order valence-corrected chi connectivity index (χ0v) is 12.0. The van der Waals surface area contributed by atoms with Crippen LogP contribution in [0.25, 0.3) is 0 Å². The number of nitrogens with zero attached hydrogens (tertiary/aromatic N) is 1. The highest BCUT2D eigenvalue weighted by Crippen LogP contribution is 2.20. The van der Waals surface area contributed by atoms with E-state index in [-0.39, 0.29) is 12.0 Å². The molecule has 0 aromatic heterocycles. The topological polar surface area (TPSA) is 35.5 Å². The SMILES string of the molecule is CCC(C)(CO)CNC1CCN(C(C)C)CC1. The average molecular weight is 242 g/mol. The van der Waals surface area contributed by atoms with E-state index in [1.807, 2.05) is 0 Å². The van der Waals surface area contributed by atoms with Crippen LogP contribution >= 0.6 is 0 Å². The zero-order valence-electron chi connectivity index (χ0n) is 12.0. The predicted octanol–water partition coefficient (Wildman–Crippen LogP) is 1.86. The van der Waals surface area contributed by atoms with Gasteiger partial charge in [0.15, 0.2) is 0 Å². The van der Waals surface area contributed by atoms with Crippen molar-refractivity contribution in [1.82, 2.24) is 10.2 Å². The molecular weight excluding hydrogens is 212 g/mol. The van der Waals surface area contributed by atoms with Gasteiger partial charge in [-0.15, -0.1) is 0 Å². The molecule has 0 spiro atoms. The third-order valence-corrected chi connectivity index (χ3v) is 4.31. The molecule has 1 unspecified atom stereocenters. The number of hydrogen-bond acceptors (Lipinski definition) is 3. The van der Waals surface area contributed by atoms with Gasteiger partial charge in [-0.05, 0) is 46.2 Å². The maximum atomic E-state index is 9.38. The van der Waals surface area contributed by atoms with Gasteiger partial charge in [0.05, 0.1) is 0 Å². The summed E-state index contributed by atoms with van der Waals surface area (Å²) in [5.74, 6) is 0. The predicted molar refractivity (Wildman–Crippen MR) is 73.2 cm³/mol. The lowest BCUT2D eigenvalue weighted by molar-refractivity contribution is 0.117. The van der Waals surface area contributed by atoms with Crippen molar-refractivity contribution < 1.29 is 5.11 Å². The second-order valence-electron chi connectivity index (χ2n) is 6.11. The summed E-state index contributed by atoms with van der Waals surface area (Å²) in [5.41, 5.74) is 0.0508. The number of rotatable bonds is 6. The van der Waals surface area contributed by atoms with E-state index in [4.69, 9.17) is 0 Å². The Morgan fingerprint density at radius 2 is 1.94 bits per heavy atom. The lowest BCUT2D eigenvalue weighted by atomic mass is 9.88. The van der Waals surface area contributed by atoms with Gasteiger partial charge in [-0.3, -0.25) is 0 Å². The fourth-order valence-corrected chi connectivity index (χ4v) is 2.30. The van der Waals surface area contributed by atoms with Crippen LogP contribution in [0.15, 0.2) is 0 Å². The normalized spacial score (nSPS) is 22.9. The van der Waals surface area contributed by atoms with Crippen molar-refractivity contribution in [3.05, 3.63) is 0 Å². The third-order valence-electron chi connectivity index (χ3n) is 4.31. The molecule has 0 aromatic carbocycles. The Labute approximate surface area is 107 Å². The van der Waals surface area contributed by atoms with Gasteiger partial charge in [-0.1, -0.05) is 13.8 Å². The molecule has 102 valence electrons. The van der Waals surface area contributed by atoms with Gasteiger partial charge in [-0.25, -0.2) is 0 Å². The molecule has 3 heteroatoms. The number of piperidine rings is 1. The Bertz CT molecular complexity index is 206. The van der Waals surface area contributed by atoms with Crippen molar-refractivity contribution >= 4 is 0 Å². The van der Waals surface area contributed by atoms with Gasteiger partial charge < -0.3 is 15.3 Å². The number of aliphatic hydroxyl groups is 1. The molecule has 1 saturated heterocycles. The first kappa shape index (κ1) is 14.9. The lowest BCUT2D eigenvalue weighted by Gasteiger charge is -2.36. The fraction of sp³-hybridized carbons (Fsp3) is 1.00. The maximum absolute atomic E-state index is 9.38. The molecule has 1 atom stereocenters. The van der Waals surface area contributed by atoms with Gasteiger partial charge in [-0.2, -0.15) is 0 Å². The molecular formula is C14H30N2O. The summed E-state index contributed by atoms with van der Waals surface area (Å²) in [5, 5.41) is 13.0. The Hall–Kier alpha value is -0.120. The summed E-state index contributed by atoms with van der Waals surface area (Å²) in [6.45, 7) is 12.5.